The fraction of sp³-hybridized carbons (Fsp3) is 0.545. The Morgan fingerprint density at radius 3 is 2.79 bits per heavy atom. The number of hydrogen-bond donors (Lipinski definition) is 1. The molecule has 1 aliphatic heterocycles. The summed E-state index contributed by atoms with van der Waals surface area (Å²) in [6.07, 6.45) is 8.37. The summed E-state index contributed by atoms with van der Waals surface area (Å²) in [5.41, 5.74) is 2.05. The zero-order valence-electron chi connectivity index (χ0n) is 16.9. The van der Waals surface area contributed by atoms with E-state index in [1.807, 2.05) is 36.1 Å². The number of para-hydroxylation sites is 1. The van der Waals surface area contributed by atoms with Crippen molar-refractivity contribution in [1.82, 2.24) is 10.2 Å². The van der Waals surface area contributed by atoms with Crippen LogP contribution >= 0.6 is 11.3 Å². The normalized spacial score (nSPS) is 20.2. The van der Waals surface area contributed by atoms with Gasteiger partial charge >= 0.3 is 0 Å². The number of amides is 2. The molecular weight excluding hydrogens is 384 g/mol. The highest BCUT2D eigenvalue weighted by Gasteiger charge is 2.34. The van der Waals surface area contributed by atoms with Crippen LogP contribution in [-0.2, 0) is 9.59 Å². The number of hydrogen-bond acceptors (Lipinski definition) is 5. The Kier molecular flexibility index (Phi) is 6.23. The maximum Gasteiger partial charge on any atom is 0.227 e. The Balaban J connectivity index is 1.32. The molecule has 1 saturated heterocycles. The van der Waals surface area contributed by atoms with Gasteiger partial charge in [0.1, 0.15) is 5.01 Å². The molecule has 4 rings (SSSR count). The first-order chi connectivity index (χ1) is 14.1. The van der Waals surface area contributed by atoms with Gasteiger partial charge in [0.2, 0.25) is 16.9 Å². The van der Waals surface area contributed by atoms with Gasteiger partial charge in [-0.3, -0.25) is 9.59 Å². The molecule has 2 heterocycles. The van der Waals surface area contributed by atoms with E-state index < -0.39 is 0 Å². The molecule has 1 aromatic heterocycles. The maximum absolute atomic E-state index is 12.5. The summed E-state index contributed by atoms with van der Waals surface area (Å²) in [6, 6.07) is 7.93. The largest absolute Gasteiger partial charge is 0.311 e. The zero-order valence-corrected chi connectivity index (χ0v) is 17.7. The van der Waals surface area contributed by atoms with Crippen molar-refractivity contribution in [3.05, 3.63) is 34.8 Å². The van der Waals surface area contributed by atoms with Gasteiger partial charge in [0, 0.05) is 31.0 Å². The van der Waals surface area contributed by atoms with Crippen LogP contribution in [0.5, 0.6) is 0 Å². The van der Waals surface area contributed by atoms with Crippen molar-refractivity contribution in [2.24, 2.45) is 5.92 Å². The zero-order chi connectivity index (χ0) is 20.2. The summed E-state index contributed by atoms with van der Waals surface area (Å²) in [7, 11) is 0. The minimum atomic E-state index is 0.0160. The van der Waals surface area contributed by atoms with Crippen molar-refractivity contribution >= 4 is 34.0 Å². The molecule has 2 fully saturated rings. The molecule has 1 saturated carbocycles. The van der Waals surface area contributed by atoms with Crippen molar-refractivity contribution in [2.75, 3.05) is 16.8 Å². The summed E-state index contributed by atoms with van der Waals surface area (Å²) in [5.74, 6) is 0.837. The standard InChI is InChI=1S/C22H28N4O2S/c1-15-7-5-6-10-18(15)26-14-17(13-20(26)28)21-24-25-22(29-21)23-19(27)12-11-16-8-3-2-4-9-16/h5-7,10,16-17H,2-4,8-9,11-14H2,1H3,(H,23,25,27)/t17-/m0/s1. The SMILES string of the molecule is Cc1ccccc1N1C[C@@H](c2nnc(NC(=O)CCC3CCCCC3)s2)CC1=O. The number of nitrogens with zero attached hydrogens (tertiary/aromatic N) is 3. The van der Waals surface area contributed by atoms with Crippen LogP contribution in [0.2, 0.25) is 0 Å². The van der Waals surface area contributed by atoms with Crippen LogP contribution in [0.4, 0.5) is 10.8 Å². The summed E-state index contributed by atoms with van der Waals surface area (Å²) < 4.78 is 0. The summed E-state index contributed by atoms with van der Waals surface area (Å²) >= 11 is 1.39. The summed E-state index contributed by atoms with van der Waals surface area (Å²) in [5, 5.41) is 12.7. The molecule has 29 heavy (non-hydrogen) atoms. The molecule has 7 heteroatoms. The van der Waals surface area contributed by atoms with E-state index in [0.717, 1.165) is 22.7 Å². The molecule has 1 aromatic carbocycles. The van der Waals surface area contributed by atoms with E-state index in [0.29, 0.717) is 30.4 Å². The van der Waals surface area contributed by atoms with Crippen molar-refractivity contribution in [1.29, 1.82) is 0 Å². The molecule has 0 bridgehead atoms. The first-order valence-electron chi connectivity index (χ1n) is 10.6. The number of aryl methyl sites for hydroxylation is 1. The Labute approximate surface area is 175 Å². The van der Waals surface area contributed by atoms with Gasteiger partial charge in [0.05, 0.1) is 0 Å². The fourth-order valence-corrected chi connectivity index (χ4v) is 5.27. The number of carbonyl (C=O) groups excluding carboxylic acids is 2. The summed E-state index contributed by atoms with van der Waals surface area (Å²) in [6.45, 7) is 2.62. The van der Waals surface area contributed by atoms with Gasteiger partial charge in [-0.15, -0.1) is 10.2 Å². The highest BCUT2D eigenvalue weighted by atomic mass is 32.1. The predicted molar refractivity (Wildman–Crippen MR) is 115 cm³/mol. The molecule has 1 aliphatic carbocycles. The summed E-state index contributed by atoms with van der Waals surface area (Å²) in [4.78, 5) is 26.7. The van der Waals surface area contributed by atoms with Crippen LogP contribution in [0.25, 0.3) is 0 Å². The second kappa shape index (κ2) is 9.03. The van der Waals surface area contributed by atoms with Gasteiger partial charge in [-0.25, -0.2) is 0 Å². The highest BCUT2D eigenvalue weighted by Crippen LogP contribution is 2.35. The average Bonchev–Trinajstić information content (AvgIpc) is 3.34. The van der Waals surface area contributed by atoms with Crippen molar-refractivity contribution in [3.8, 4) is 0 Å². The Bertz CT molecular complexity index is 875. The van der Waals surface area contributed by atoms with Crippen LogP contribution in [0, 0.1) is 12.8 Å². The predicted octanol–water partition coefficient (Wildman–Crippen LogP) is 4.67. The Hall–Kier alpha value is -2.28. The molecule has 154 valence electrons. The monoisotopic (exact) mass is 412 g/mol. The molecule has 1 atom stereocenters. The van der Waals surface area contributed by atoms with Crippen LogP contribution < -0.4 is 10.2 Å². The number of anilines is 2. The van der Waals surface area contributed by atoms with Crippen LogP contribution in [0.1, 0.15) is 67.9 Å². The minimum Gasteiger partial charge on any atom is -0.311 e. The minimum absolute atomic E-state index is 0.0160. The van der Waals surface area contributed by atoms with Crippen LogP contribution in [0.15, 0.2) is 24.3 Å². The van der Waals surface area contributed by atoms with Crippen molar-refractivity contribution in [2.45, 2.75) is 64.2 Å². The second-order valence-corrected chi connectivity index (χ2v) is 9.24. The number of benzene rings is 1. The molecule has 0 radical (unpaired) electrons. The Morgan fingerprint density at radius 1 is 1.21 bits per heavy atom. The number of rotatable bonds is 6. The lowest BCUT2D eigenvalue weighted by atomic mass is 9.86. The second-order valence-electron chi connectivity index (χ2n) is 8.23. The lowest BCUT2D eigenvalue weighted by Gasteiger charge is -2.20. The molecule has 6 nitrogen and oxygen atoms in total. The maximum atomic E-state index is 12.5. The van der Waals surface area contributed by atoms with E-state index in [1.54, 1.807) is 0 Å². The third kappa shape index (κ3) is 4.83. The van der Waals surface area contributed by atoms with E-state index in [9.17, 15) is 9.59 Å². The molecular formula is C22H28N4O2S. The molecule has 0 unspecified atom stereocenters. The van der Waals surface area contributed by atoms with E-state index in [4.69, 9.17) is 0 Å². The number of aromatic nitrogens is 2. The van der Waals surface area contributed by atoms with Crippen molar-refractivity contribution in [3.63, 3.8) is 0 Å². The first kappa shape index (κ1) is 20.0. The molecule has 2 aliphatic rings. The molecule has 0 spiro atoms. The smallest absolute Gasteiger partial charge is 0.227 e. The van der Waals surface area contributed by atoms with E-state index in [2.05, 4.69) is 15.5 Å². The molecule has 2 amide bonds. The van der Waals surface area contributed by atoms with Crippen LogP contribution in [0.3, 0.4) is 0 Å². The fourth-order valence-electron chi connectivity index (χ4n) is 4.41. The third-order valence-corrected chi connectivity index (χ3v) is 7.07. The van der Waals surface area contributed by atoms with Gasteiger partial charge in [-0.2, -0.15) is 0 Å². The van der Waals surface area contributed by atoms with Gasteiger partial charge in [0.15, 0.2) is 0 Å². The first-order valence-corrected chi connectivity index (χ1v) is 11.4. The van der Waals surface area contributed by atoms with Gasteiger partial charge < -0.3 is 10.2 Å². The third-order valence-electron chi connectivity index (χ3n) is 6.07. The highest BCUT2D eigenvalue weighted by molar-refractivity contribution is 7.15. The Morgan fingerprint density at radius 2 is 2.00 bits per heavy atom. The van der Waals surface area contributed by atoms with Gasteiger partial charge in [-0.05, 0) is 30.9 Å². The van der Waals surface area contributed by atoms with Crippen molar-refractivity contribution < 1.29 is 9.59 Å². The van der Waals surface area contributed by atoms with Gasteiger partial charge in [0.25, 0.3) is 0 Å². The molecule has 1 N–H and O–H groups in total. The quantitative estimate of drug-likeness (QED) is 0.748. The van der Waals surface area contributed by atoms with Gasteiger partial charge in [-0.1, -0.05) is 61.6 Å². The van der Waals surface area contributed by atoms with E-state index in [-0.39, 0.29) is 17.7 Å². The number of nitrogens with one attached hydrogen (secondary N) is 1. The molecule has 2 aromatic rings. The number of carbonyl (C=O) groups is 2. The van der Waals surface area contributed by atoms with E-state index in [1.165, 1.54) is 43.4 Å². The van der Waals surface area contributed by atoms with E-state index >= 15 is 0 Å². The average molecular weight is 413 g/mol. The lowest BCUT2D eigenvalue weighted by molar-refractivity contribution is -0.117. The van der Waals surface area contributed by atoms with Crippen LogP contribution in [-0.4, -0.2) is 28.6 Å². The topological polar surface area (TPSA) is 75.2 Å². The lowest BCUT2D eigenvalue weighted by Crippen LogP contribution is -2.25.